The molecule has 0 unspecified atom stereocenters. The number of guanidine groups is 1. The summed E-state index contributed by atoms with van der Waals surface area (Å²) < 4.78 is 7.62. The van der Waals surface area contributed by atoms with Crippen LogP contribution in [0.1, 0.15) is 37.7 Å². The minimum Gasteiger partial charge on any atom is -0.369 e. The molecule has 0 saturated heterocycles. The Morgan fingerprint density at radius 2 is 1.67 bits per heavy atom. The van der Waals surface area contributed by atoms with Crippen LogP contribution >= 0.6 is 48.9 Å². The smallest absolute Gasteiger partial charge is 0.204 e. The maximum atomic E-state index is 6.11. The molecule has 1 aliphatic rings. The second-order valence-electron chi connectivity index (χ2n) is 8.50. The summed E-state index contributed by atoms with van der Waals surface area (Å²) in [7, 11) is 1.86. The second kappa shape index (κ2) is 14.1. The van der Waals surface area contributed by atoms with Crippen LogP contribution in [0.25, 0.3) is 22.4 Å². The van der Waals surface area contributed by atoms with Crippen molar-refractivity contribution in [2.45, 2.75) is 44.8 Å². The van der Waals surface area contributed by atoms with Gasteiger partial charge in [0.1, 0.15) is 12.2 Å². The van der Waals surface area contributed by atoms with E-state index < -0.39 is 0 Å². The number of hydrogen-bond acceptors (Lipinski definition) is 5. The Bertz CT molecular complexity index is 1140. The van der Waals surface area contributed by atoms with Crippen LogP contribution in [0.5, 0.6) is 0 Å². The molecular formula is C26H31Cl2N5OS2. The van der Waals surface area contributed by atoms with Crippen LogP contribution in [0.3, 0.4) is 0 Å². The van der Waals surface area contributed by atoms with Crippen LogP contribution in [-0.4, -0.2) is 28.5 Å². The van der Waals surface area contributed by atoms with E-state index in [0.29, 0.717) is 28.7 Å². The lowest BCUT2D eigenvalue weighted by atomic mass is 9.98. The summed E-state index contributed by atoms with van der Waals surface area (Å²) in [4.78, 5) is 9.24. The standard InChI is InChI=1S/C26H29Cl2N5OS.H2S/c1-33(35-34-23-5-3-2-4-6-23)32-26(29)31-17-18-15-24(19-7-11-21(27)12-8-19)25(30-16-18)20-9-13-22(28)14-10-20;/h7-16,23H,2-6,17H2,1H3,(H3,29,31,32);1H2. The third-order valence-electron chi connectivity index (χ3n) is 5.76. The molecule has 3 N–H and O–H groups in total. The van der Waals surface area contributed by atoms with Crippen LogP contribution in [0, 0.1) is 0 Å². The number of hydrazine groups is 1. The molecule has 0 bridgehead atoms. The van der Waals surface area contributed by atoms with Gasteiger partial charge >= 0.3 is 0 Å². The number of nitrogens with one attached hydrogen (secondary N) is 1. The number of pyridine rings is 1. The van der Waals surface area contributed by atoms with E-state index in [1.807, 2.05) is 61.8 Å². The van der Waals surface area contributed by atoms with Crippen molar-refractivity contribution in [1.29, 1.82) is 0 Å². The van der Waals surface area contributed by atoms with E-state index in [9.17, 15) is 0 Å². The van der Waals surface area contributed by atoms with Gasteiger partial charge in [0, 0.05) is 34.4 Å². The zero-order valence-corrected chi connectivity index (χ0v) is 23.4. The summed E-state index contributed by atoms with van der Waals surface area (Å²) >= 11 is 13.5. The molecule has 3 aromatic rings. The first kappa shape index (κ1) is 28.6. The van der Waals surface area contributed by atoms with Crippen LogP contribution in [0.15, 0.2) is 65.8 Å². The number of aliphatic imine (C=N–C) groups is 1. The molecule has 1 saturated carbocycles. The summed E-state index contributed by atoms with van der Waals surface area (Å²) in [6, 6.07) is 17.5. The molecule has 1 aliphatic carbocycles. The van der Waals surface area contributed by atoms with Crippen molar-refractivity contribution in [1.82, 2.24) is 14.8 Å². The lowest BCUT2D eigenvalue weighted by Crippen LogP contribution is -2.40. The molecule has 1 fully saturated rings. The molecular weight excluding hydrogens is 533 g/mol. The summed E-state index contributed by atoms with van der Waals surface area (Å²) in [5.41, 5.74) is 13.9. The van der Waals surface area contributed by atoms with E-state index in [0.717, 1.165) is 40.8 Å². The quantitative estimate of drug-likeness (QED) is 0.101. The van der Waals surface area contributed by atoms with Gasteiger partial charge in [0.2, 0.25) is 5.96 Å². The zero-order chi connectivity index (χ0) is 24.6. The van der Waals surface area contributed by atoms with Crippen LogP contribution in [-0.2, 0) is 10.7 Å². The molecule has 2 aromatic carbocycles. The molecule has 6 nitrogen and oxygen atoms in total. The molecule has 1 heterocycles. The summed E-state index contributed by atoms with van der Waals surface area (Å²) in [5.74, 6) is 0.307. The van der Waals surface area contributed by atoms with E-state index in [-0.39, 0.29) is 13.5 Å². The molecule has 4 rings (SSSR count). The number of rotatable bonds is 8. The summed E-state index contributed by atoms with van der Waals surface area (Å²) in [6.45, 7) is 0.384. The highest BCUT2D eigenvalue weighted by molar-refractivity contribution is 7.92. The fourth-order valence-electron chi connectivity index (χ4n) is 3.96. The number of nitrogens with zero attached hydrogens (tertiary/aromatic N) is 3. The van der Waals surface area contributed by atoms with Crippen molar-refractivity contribution in [2.75, 3.05) is 7.05 Å². The van der Waals surface area contributed by atoms with Crippen LogP contribution in [0.2, 0.25) is 10.0 Å². The third-order valence-corrected chi connectivity index (χ3v) is 6.94. The van der Waals surface area contributed by atoms with Gasteiger partial charge in [0.05, 0.1) is 18.3 Å². The van der Waals surface area contributed by atoms with Gasteiger partial charge < -0.3 is 5.73 Å². The monoisotopic (exact) mass is 563 g/mol. The van der Waals surface area contributed by atoms with Gasteiger partial charge in [-0.15, -0.1) is 4.41 Å². The fourth-order valence-corrected chi connectivity index (χ4v) is 4.79. The van der Waals surface area contributed by atoms with Crippen LogP contribution < -0.4 is 11.2 Å². The third kappa shape index (κ3) is 8.30. The lowest BCUT2D eigenvalue weighted by molar-refractivity contribution is 0.175. The maximum Gasteiger partial charge on any atom is 0.204 e. The normalized spacial score (nSPS) is 14.5. The molecule has 192 valence electrons. The van der Waals surface area contributed by atoms with Gasteiger partial charge in [-0.05, 0) is 54.3 Å². The Balaban J connectivity index is 0.00000361. The number of hydrogen-bond donors (Lipinski definition) is 2. The predicted molar refractivity (Wildman–Crippen MR) is 157 cm³/mol. The van der Waals surface area contributed by atoms with E-state index >= 15 is 0 Å². The Kier molecular flexibility index (Phi) is 11.2. The topological polar surface area (TPSA) is 75.8 Å². The van der Waals surface area contributed by atoms with E-state index in [2.05, 4.69) is 16.5 Å². The Morgan fingerprint density at radius 3 is 2.31 bits per heavy atom. The van der Waals surface area contributed by atoms with E-state index in [1.165, 1.54) is 31.5 Å². The van der Waals surface area contributed by atoms with Crippen molar-refractivity contribution < 1.29 is 4.18 Å². The average molecular weight is 565 g/mol. The van der Waals surface area contributed by atoms with Crippen molar-refractivity contribution in [3.8, 4) is 22.4 Å². The van der Waals surface area contributed by atoms with Gasteiger partial charge in [-0.1, -0.05) is 66.7 Å². The summed E-state index contributed by atoms with van der Waals surface area (Å²) in [5, 5.41) is 1.37. The van der Waals surface area contributed by atoms with Crippen LogP contribution in [0.4, 0.5) is 0 Å². The Morgan fingerprint density at radius 1 is 1.06 bits per heavy atom. The molecule has 0 amide bonds. The minimum absolute atomic E-state index is 0. The number of benzene rings is 2. The molecule has 0 spiro atoms. The van der Waals surface area contributed by atoms with Crippen molar-refractivity contribution in [3.63, 3.8) is 0 Å². The zero-order valence-electron chi connectivity index (χ0n) is 20.1. The predicted octanol–water partition coefficient (Wildman–Crippen LogP) is 7.00. The molecule has 0 aliphatic heterocycles. The first-order valence-corrected chi connectivity index (χ1v) is 13.1. The van der Waals surface area contributed by atoms with Crippen molar-refractivity contribution in [3.05, 3.63) is 76.4 Å². The summed E-state index contributed by atoms with van der Waals surface area (Å²) in [6.07, 6.45) is 8.11. The lowest BCUT2D eigenvalue weighted by Gasteiger charge is -2.23. The highest BCUT2D eigenvalue weighted by Gasteiger charge is 2.16. The molecule has 0 radical (unpaired) electrons. The van der Waals surface area contributed by atoms with Gasteiger partial charge in [0.15, 0.2) is 0 Å². The highest BCUT2D eigenvalue weighted by Crippen LogP contribution is 2.32. The van der Waals surface area contributed by atoms with Crippen molar-refractivity contribution >= 4 is 54.9 Å². The molecule has 0 atom stereocenters. The van der Waals surface area contributed by atoms with Crippen molar-refractivity contribution in [2.24, 2.45) is 10.7 Å². The van der Waals surface area contributed by atoms with E-state index in [1.54, 1.807) is 4.41 Å². The highest BCUT2D eigenvalue weighted by atomic mass is 35.5. The first-order valence-electron chi connectivity index (χ1n) is 11.6. The van der Waals surface area contributed by atoms with Gasteiger partial charge in [-0.2, -0.15) is 13.5 Å². The Hall–Kier alpha value is -1.94. The van der Waals surface area contributed by atoms with E-state index in [4.69, 9.17) is 38.1 Å². The number of nitrogens with two attached hydrogens (primary N) is 1. The first-order chi connectivity index (χ1) is 17.0. The number of halogens is 2. The largest absolute Gasteiger partial charge is 0.369 e. The average Bonchev–Trinajstić information content (AvgIpc) is 2.88. The fraction of sp³-hybridized carbons (Fsp3) is 0.308. The molecule has 1 aromatic heterocycles. The SMILES string of the molecule is CN(NC(N)=NCc1cnc(-c2ccc(Cl)cc2)c(-c2ccc(Cl)cc2)c1)SOC1CCCCC1.S. The maximum absolute atomic E-state index is 6.11. The van der Waals surface area contributed by atoms with Gasteiger partial charge in [0.25, 0.3) is 0 Å². The van der Waals surface area contributed by atoms with Gasteiger partial charge in [-0.25, -0.2) is 4.99 Å². The second-order valence-corrected chi connectivity index (χ2v) is 10.3. The molecule has 10 heteroatoms. The minimum atomic E-state index is 0. The Labute approximate surface area is 234 Å². The number of aromatic nitrogens is 1. The van der Waals surface area contributed by atoms with Gasteiger partial charge in [-0.3, -0.25) is 14.6 Å². The molecule has 36 heavy (non-hydrogen) atoms.